The third-order valence-corrected chi connectivity index (χ3v) is 7.99. The van der Waals surface area contributed by atoms with E-state index >= 15 is 0 Å². The fourth-order valence-corrected chi connectivity index (χ4v) is 6.07. The van der Waals surface area contributed by atoms with Crippen LogP contribution in [0.5, 0.6) is 0 Å². The molecule has 3 N–H and O–H groups in total. The first-order chi connectivity index (χ1) is 19.0. The van der Waals surface area contributed by atoms with E-state index in [1.807, 2.05) is 0 Å². The van der Waals surface area contributed by atoms with Gasteiger partial charge in [0.25, 0.3) is 11.2 Å². The van der Waals surface area contributed by atoms with Gasteiger partial charge in [-0.2, -0.15) is 0 Å². The molecule has 2 fully saturated rings. The van der Waals surface area contributed by atoms with Crippen molar-refractivity contribution in [2.24, 2.45) is 18.9 Å². The van der Waals surface area contributed by atoms with Crippen molar-refractivity contribution in [3.05, 3.63) is 91.9 Å². The Balaban J connectivity index is 1.68. The molecule has 40 heavy (non-hydrogen) atoms. The minimum Gasteiger partial charge on any atom is -0.480 e. The fraction of sp³-hybridized carbons (Fsp3) is 0.333. The number of benzene rings is 2. The maximum atomic E-state index is 13.9. The Bertz CT molecular complexity index is 1580. The van der Waals surface area contributed by atoms with E-state index in [0.29, 0.717) is 16.9 Å². The Kier molecular flexibility index (Phi) is 6.64. The van der Waals surface area contributed by atoms with Crippen LogP contribution < -0.4 is 10.9 Å². The molecule has 208 valence electrons. The van der Waals surface area contributed by atoms with Crippen molar-refractivity contribution in [3.63, 3.8) is 0 Å². The summed E-state index contributed by atoms with van der Waals surface area (Å²) in [5, 5.41) is 34.2. The Morgan fingerprint density at radius 1 is 1.07 bits per heavy atom. The molecule has 2 aromatic carbocycles. The molecule has 0 saturated carbocycles. The maximum Gasteiger partial charge on any atom is 0.325 e. The molecule has 0 bridgehead atoms. The second-order valence-corrected chi connectivity index (χ2v) is 10.0. The van der Waals surface area contributed by atoms with Crippen LogP contribution in [0, 0.1) is 28.9 Å². The number of nitro groups is 1. The highest BCUT2D eigenvalue weighted by Gasteiger charge is 2.69. The van der Waals surface area contributed by atoms with E-state index in [0.717, 1.165) is 4.90 Å². The summed E-state index contributed by atoms with van der Waals surface area (Å²) in [6.45, 7) is 0.853. The largest absolute Gasteiger partial charge is 0.480 e. The molecule has 13 nitrogen and oxygen atoms in total. The lowest BCUT2D eigenvalue weighted by Gasteiger charge is -2.31. The van der Waals surface area contributed by atoms with Gasteiger partial charge in [-0.15, -0.1) is 0 Å². The molecule has 3 heterocycles. The minimum atomic E-state index is -2.02. The van der Waals surface area contributed by atoms with Gasteiger partial charge in [0, 0.05) is 31.3 Å². The van der Waals surface area contributed by atoms with E-state index in [-0.39, 0.29) is 24.2 Å². The number of aliphatic hydroxyl groups excluding tert-OH is 1. The zero-order valence-corrected chi connectivity index (χ0v) is 21.7. The van der Waals surface area contributed by atoms with Gasteiger partial charge in [0.15, 0.2) is 0 Å². The molecule has 2 aliphatic heterocycles. The number of nitrogens with one attached hydrogen (secondary N) is 1. The highest BCUT2D eigenvalue weighted by molar-refractivity contribution is 6.09. The number of aliphatic hydroxyl groups is 1. The zero-order chi connectivity index (χ0) is 28.9. The summed E-state index contributed by atoms with van der Waals surface area (Å²) in [6.07, 6.45) is -0.289. The number of carboxylic acids is 1. The third-order valence-electron chi connectivity index (χ3n) is 7.99. The van der Waals surface area contributed by atoms with Crippen molar-refractivity contribution in [1.82, 2.24) is 19.6 Å². The molecule has 2 saturated heterocycles. The Morgan fingerprint density at radius 2 is 1.73 bits per heavy atom. The number of fused-ring (bicyclic) bond motifs is 1. The molecular weight excluding hydrogens is 522 g/mol. The second-order valence-electron chi connectivity index (χ2n) is 10.0. The molecule has 13 heteroatoms. The van der Waals surface area contributed by atoms with Gasteiger partial charge in [-0.05, 0) is 24.6 Å². The SMILES string of the molecule is Cc1c(C2NC(Cc3ccc([N+](=O)[O-])cc3)(C(=O)O)C3C(=O)N(CCO)C(=O)C23)c(=O)n(-c2ccccc2)n1C. The van der Waals surface area contributed by atoms with E-state index in [9.17, 15) is 39.5 Å². The number of nitro benzene ring substituents is 1. The molecule has 2 amide bonds. The number of β-amino-alcohol motifs (C(OH)–C–C–N with tert-alkyl or cyclic N) is 1. The topological polar surface area (TPSA) is 177 Å². The van der Waals surface area contributed by atoms with E-state index in [1.165, 1.54) is 28.9 Å². The number of para-hydroxylation sites is 1. The number of nitrogens with zero attached hydrogens (tertiary/aromatic N) is 4. The summed E-state index contributed by atoms with van der Waals surface area (Å²) < 4.78 is 3.01. The predicted molar refractivity (Wildman–Crippen MR) is 140 cm³/mol. The first-order valence-electron chi connectivity index (χ1n) is 12.6. The van der Waals surface area contributed by atoms with Crippen molar-refractivity contribution < 1.29 is 29.5 Å². The maximum absolute atomic E-state index is 13.9. The summed E-state index contributed by atoms with van der Waals surface area (Å²) in [6, 6.07) is 12.9. The van der Waals surface area contributed by atoms with E-state index < -0.39 is 58.3 Å². The first-order valence-corrected chi connectivity index (χ1v) is 12.6. The summed E-state index contributed by atoms with van der Waals surface area (Å²) in [5.41, 5.74) is -1.11. The Hall–Kier alpha value is -4.62. The van der Waals surface area contributed by atoms with Crippen molar-refractivity contribution in [2.45, 2.75) is 24.9 Å². The van der Waals surface area contributed by atoms with Gasteiger partial charge in [0.1, 0.15) is 5.54 Å². The summed E-state index contributed by atoms with van der Waals surface area (Å²) >= 11 is 0. The van der Waals surface area contributed by atoms with Crippen molar-refractivity contribution in [1.29, 1.82) is 0 Å². The molecule has 0 aliphatic carbocycles. The molecule has 0 radical (unpaired) electrons. The minimum absolute atomic E-state index is 0.153. The van der Waals surface area contributed by atoms with Crippen LogP contribution in [0.4, 0.5) is 5.69 Å². The van der Waals surface area contributed by atoms with Crippen LogP contribution in [-0.4, -0.2) is 65.9 Å². The molecule has 1 aromatic heterocycles. The average molecular weight is 550 g/mol. The van der Waals surface area contributed by atoms with Gasteiger partial charge in [-0.1, -0.05) is 30.3 Å². The number of non-ortho nitro benzene ring substituents is 1. The van der Waals surface area contributed by atoms with Crippen molar-refractivity contribution in [3.8, 4) is 5.69 Å². The van der Waals surface area contributed by atoms with Gasteiger partial charge in [-0.25, -0.2) is 4.68 Å². The van der Waals surface area contributed by atoms with Gasteiger partial charge >= 0.3 is 5.97 Å². The fourth-order valence-electron chi connectivity index (χ4n) is 6.07. The summed E-state index contributed by atoms with van der Waals surface area (Å²) in [7, 11) is 1.67. The lowest BCUT2D eigenvalue weighted by atomic mass is 9.76. The number of hydrogen-bond acceptors (Lipinski definition) is 8. The number of hydrogen-bond donors (Lipinski definition) is 3. The average Bonchev–Trinajstić information content (AvgIpc) is 3.47. The number of carbonyl (C=O) groups excluding carboxylic acids is 2. The molecule has 4 unspecified atom stereocenters. The number of likely N-dealkylation sites (tertiary alicyclic amines) is 1. The normalized spacial score (nSPS) is 24.0. The van der Waals surface area contributed by atoms with Crippen molar-refractivity contribution >= 4 is 23.5 Å². The Morgan fingerprint density at radius 3 is 2.30 bits per heavy atom. The number of carbonyl (C=O) groups is 3. The molecular formula is C27H27N5O8. The lowest BCUT2D eigenvalue weighted by Crippen LogP contribution is -2.57. The van der Waals surface area contributed by atoms with Crippen LogP contribution >= 0.6 is 0 Å². The van der Waals surface area contributed by atoms with E-state index in [2.05, 4.69) is 5.32 Å². The quantitative estimate of drug-likeness (QED) is 0.207. The smallest absolute Gasteiger partial charge is 0.325 e. The number of amides is 2. The monoisotopic (exact) mass is 549 g/mol. The van der Waals surface area contributed by atoms with Gasteiger partial charge in [0.05, 0.1) is 47.2 Å². The third kappa shape index (κ3) is 3.93. The predicted octanol–water partition coefficient (Wildman–Crippen LogP) is 0.697. The van der Waals surface area contributed by atoms with Crippen LogP contribution in [-0.2, 0) is 27.9 Å². The zero-order valence-electron chi connectivity index (χ0n) is 21.7. The van der Waals surface area contributed by atoms with Gasteiger partial charge < -0.3 is 10.2 Å². The standard InChI is InChI=1S/C27H27N5O8/c1-15-19(24(35)31(29(15)2)17-6-4-3-5-7-17)22-20-21(25(36)30(12-13-33)23(20)34)27(28-22,26(37)38)14-16-8-10-18(11-9-16)32(39)40/h3-11,20-22,28,33H,12-14H2,1-2H3,(H,37,38). The molecule has 0 spiro atoms. The lowest BCUT2D eigenvalue weighted by molar-refractivity contribution is -0.384. The van der Waals surface area contributed by atoms with Crippen LogP contribution in [0.3, 0.4) is 0 Å². The molecule has 3 aromatic rings. The van der Waals surface area contributed by atoms with Crippen LogP contribution in [0.15, 0.2) is 59.4 Å². The summed E-state index contributed by atoms with van der Waals surface area (Å²) in [4.78, 5) is 65.5. The molecule has 2 aliphatic rings. The molecule has 5 rings (SSSR count). The second kappa shape index (κ2) is 9.84. The first kappa shape index (κ1) is 27.0. The number of carboxylic acid groups (broad SMARTS) is 1. The van der Waals surface area contributed by atoms with Crippen molar-refractivity contribution in [2.75, 3.05) is 13.2 Å². The van der Waals surface area contributed by atoms with Crippen LogP contribution in [0.25, 0.3) is 5.69 Å². The molecule has 4 atom stereocenters. The highest BCUT2D eigenvalue weighted by atomic mass is 16.6. The van der Waals surface area contributed by atoms with E-state index in [4.69, 9.17) is 0 Å². The Labute approximate surface area is 227 Å². The number of imide groups is 1. The van der Waals surface area contributed by atoms with E-state index in [1.54, 1.807) is 49.0 Å². The number of rotatable bonds is 8. The van der Waals surface area contributed by atoms with Crippen LogP contribution in [0.1, 0.15) is 22.9 Å². The summed E-state index contributed by atoms with van der Waals surface area (Å²) in [5.74, 6) is -5.48. The van der Waals surface area contributed by atoms with Crippen LogP contribution in [0.2, 0.25) is 0 Å². The van der Waals surface area contributed by atoms with Gasteiger partial charge in [0.2, 0.25) is 11.8 Å². The number of aliphatic carboxylic acids is 1. The highest BCUT2D eigenvalue weighted by Crippen LogP contribution is 2.50. The number of aromatic nitrogens is 2. The van der Waals surface area contributed by atoms with Gasteiger partial charge in [-0.3, -0.25) is 44.2 Å².